The van der Waals surface area contributed by atoms with Crippen LogP contribution in [0.1, 0.15) is 38.2 Å². The quantitative estimate of drug-likeness (QED) is 0.517. The highest BCUT2D eigenvalue weighted by molar-refractivity contribution is 7.99. The SMILES string of the molecule is CCNC(=NCc1ccc(Sc2ccccc2)cc1)NC1CCC(O)CC1. The first-order chi connectivity index (χ1) is 13.2. The van der Waals surface area contributed by atoms with Crippen LogP contribution in [0.5, 0.6) is 0 Å². The fourth-order valence-corrected chi connectivity index (χ4v) is 4.03. The Bertz CT molecular complexity index is 710. The zero-order valence-corrected chi connectivity index (χ0v) is 16.7. The van der Waals surface area contributed by atoms with Crippen molar-refractivity contribution < 1.29 is 5.11 Å². The summed E-state index contributed by atoms with van der Waals surface area (Å²) < 4.78 is 0. The van der Waals surface area contributed by atoms with E-state index in [0.717, 1.165) is 38.2 Å². The van der Waals surface area contributed by atoms with Gasteiger partial charge in [-0.3, -0.25) is 0 Å². The monoisotopic (exact) mass is 383 g/mol. The minimum atomic E-state index is -0.130. The van der Waals surface area contributed by atoms with E-state index in [1.165, 1.54) is 15.4 Å². The Morgan fingerprint density at radius 1 is 1.00 bits per heavy atom. The Kier molecular flexibility index (Phi) is 7.60. The van der Waals surface area contributed by atoms with Crippen molar-refractivity contribution in [1.82, 2.24) is 10.6 Å². The van der Waals surface area contributed by atoms with E-state index in [-0.39, 0.29) is 6.10 Å². The lowest BCUT2D eigenvalue weighted by Gasteiger charge is -2.27. The molecule has 1 aliphatic carbocycles. The fourth-order valence-electron chi connectivity index (χ4n) is 3.19. The van der Waals surface area contributed by atoms with Crippen molar-refractivity contribution in [3.63, 3.8) is 0 Å². The lowest BCUT2D eigenvalue weighted by atomic mass is 9.93. The van der Waals surface area contributed by atoms with Crippen molar-refractivity contribution in [1.29, 1.82) is 0 Å². The Morgan fingerprint density at radius 3 is 2.33 bits per heavy atom. The first kappa shape index (κ1) is 19.8. The number of hydrogen-bond donors (Lipinski definition) is 3. The van der Waals surface area contributed by atoms with Crippen LogP contribution < -0.4 is 10.6 Å². The first-order valence-corrected chi connectivity index (χ1v) is 10.6. The number of benzene rings is 2. The predicted molar refractivity (Wildman–Crippen MR) is 113 cm³/mol. The molecule has 1 fully saturated rings. The van der Waals surface area contributed by atoms with Gasteiger partial charge in [-0.15, -0.1) is 0 Å². The van der Waals surface area contributed by atoms with Gasteiger partial charge in [0.1, 0.15) is 0 Å². The van der Waals surface area contributed by atoms with Gasteiger partial charge in [-0.25, -0.2) is 4.99 Å². The molecular weight excluding hydrogens is 354 g/mol. The molecular formula is C22H29N3OS. The molecule has 1 aliphatic rings. The number of nitrogens with zero attached hydrogens (tertiary/aromatic N) is 1. The molecule has 4 nitrogen and oxygen atoms in total. The van der Waals surface area contributed by atoms with Crippen LogP contribution in [0.4, 0.5) is 0 Å². The van der Waals surface area contributed by atoms with Crippen LogP contribution in [-0.4, -0.2) is 29.8 Å². The summed E-state index contributed by atoms with van der Waals surface area (Å²) in [4.78, 5) is 7.22. The third kappa shape index (κ3) is 6.60. The topological polar surface area (TPSA) is 56.7 Å². The van der Waals surface area contributed by atoms with E-state index in [4.69, 9.17) is 4.99 Å². The predicted octanol–water partition coefficient (Wildman–Crippen LogP) is 4.20. The van der Waals surface area contributed by atoms with Crippen LogP contribution in [0, 0.1) is 0 Å². The molecule has 0 radical (unpaired) electrons. The molecule has 0 bridgehead atoms. The molecule has 5 heteroatoms. The Balaban J connectivity index is 1.55. The maximum atomic E-state index is 9.66. The first-order valence-electron chi connectivity index (χ1n) is 9.77. The normalized spacial score (nSPS) is 20.3. The Labute approximate surface area is 166 Å². The van der Waals surface area contributed by atoms with Crippen molar-refractivity contribution in [2.45, 2.75) is 61.1 Å². The van der Waals surface area contributed by atoms with E-state index < -0.39 is 0 Å². The van der Waals surface area contributed by atoms with Crippen LogP contribution >= 0.6 is 11.8 Å². The average molecular weight is 384 g/mol. The maximum Gasteiger partial charge on any atom is 0.191 e. The van der Waals surface area contributed by atoms with Crippen LogP contribution in [0.25, 0.3) is 0 Å². The summed E-state index contributed by atoms with van der Waals surface area (Å²) in [6.07, 6.45) is 3.61. The van der Waals surface area contributed by atoms with Gasteiger partial charge in [-0.05, 0) is 62.4 Å². The molecule has 27 heavy (non-hydrogen) atoms. The fraction of sp³-hybridized carbons (Fsp3) is 0.409. The zero-order valence-electron chi connectivity index (χ0n) is 15.9. The van der Waals surface area contributed by atoms with Gasteiger partial charge in [0.25, 0.3) is 0 Å². The molecule has 0 unspecified atom stereocenters. The average Bonchev–Trinajstić information content (AvgIpc) is 2.70. The van der Waals surface area contributed by atoms with Crippen molar-refractivity contribution >= 4 is 17.7 Å². The van der Waals surface area contributed by atoms with E-state index >= 15 is 0 Å². The number of aliphatic hydroxyl groups is 1. The van der Waals surface area contributed by atoms with Gasteiger partial charge in [0.15, 0.2) is 5.96 Å². The minimum absolute atomic E-state index is 0.130. The number of rotatable bonds is 6. The molecule has 0 saturated heterocycles. The molecule has 2 aromatic carbocycles. The highest BCUT2D eigenvalue weighted by atomic mass is 32.2. The van der Waals surface area contributed by atoms with Gasteiger partial charge in [0.2, 0.25) is 0 Å². The van der Waals surface area contributed by atoms with Gasteiger partial charge in [0.05, 0.1) is 12.6 Å². The largest absolute Gasteiger partial charge is 0.393 e. The summed E-state index contributed by atoms with van der Waals surface area (Å²) in [6, 6.07) is 19.4. The van der Waals surface area contributed by atoms with Crippen molar-refractivity contribution in [2.75, 3.05) is 6.54 Å². The standard InChI is InChI=1S/C22H29N3OS/c1-2-23-22(25-18-10-12-19(26)13-11-18)24-16-17-8-14-21(15-9-17)27-20-6-4-3-5-7-20/h3-9,14-15,18-19,26H,2,10-13,16H2,1H3,(H2,23,24,25). The van der Waals surface area contributed by atoms with Crippen LogP contribution in [-0.2, 0) is 6.54 Å². The van der Waals surface area contributed by atoms with Crippen molar-refractivity contribution in [3.05, 3.63) is 60.2 Å². The van der Waals surface area contributed by atoms with E-state index in [0.29, 0.717) is 12.6 Å². The third-order valence-electron chi connectivity index (χ3n) is 4.70. The highest BCUT2D eigenvalue weighted by Gasteiger charge is 2.19. The molecule has 0 heterocycles. The summed E-state index contributed by atoms with van der Waals surface area (Å²) >= 11 is 1.77. The summed E-state index contributed by atoms with van der Waals surface area (Å²) in [5.41, 5.74) is 1.20. The molecule has 0 spiro atoms. The summed E-state index contributed by atoms with van der Waals surface area (Å²) in [5, 5.41) is 16.5. The zero-order chi connectivity index (χ0) is 18.9. The maximum absolute atomic E-state index is 9.66. The minimum Gasteiger partial charge on any atom is -0.393 e. The number of aliphatic imine (C=N–C) groups is 1. The summed E-state index contributed by atoms with van der Waals surface area (Å²) in [7, 11) is 0. The molecule has 144 valence electrons. The third-order valence-corrected chi connectivity index (χ3v) is 5.72. The van der Waals surface area contributed by atoms with Crippen LogP contribution in [0.3, 0.4) is 0 Å². The second-order valence-corrected chi connectivity index (χ2v) is 8.05. The summed E-state index contributed by atoms with van der Waals surface area (Å²) in [6.45, 7) is 3.58. The van der Waals surface area contributed by atoms with Crippen LogP contribution in [0.2, 0.25) is 0 Å². The Morgan fingerprint density at radius 2 is 1.67 bits per heavy atom. The molecule has 0 aliphatic heterocycles. The van der Waals surface area contributed by atoms with E-state index in [9.17, 15) is 5.11 Å². The van der Waals surface area contributed by atoms with Gasteiger partial charge < -0.3 is 15.7 Å². The summed E-state index contributed by atoms with van der Waals surface area (Å²) in [5.74, 6) is 0.863. The van der Waals surface area contributed by atoms with Gasteiger partial charge >= 0.3 is 0 Å². The number of guanidine groups is 1. The number of aliphatic hydroxyl groups excluding tert-OH is 1. The molecule has 0 aromatic heterocycles. The number of hydrogen-bond acceptors (Lipinski definition) is 3. The molecule has 3 N–H and O–H groups in total. The number of nitrogens with one attached hydrogen (secondary N) is 2. The highest BCUT2D eigenvalue weighted by Crippen LogP contribution is 2.27. The van der Waals surface area contributed by atoms with E-state index in [1.54, 1.807) is 11.8 Å². The second kappa shape index (κ2) is 10.4. The Hall–Kier alpha value is -1.98. The lowest BCUT2D eigenvalue weighted by molar-refractivity contribution is 0.120. The van der Waals surface area contributed by atoms with Crippen LogP contribution in [0.15, 0.2) is 69.4 Å². The lowest BCUT2D eigenvalue weighted by Crippen LogP contribution is -2.45. The van der Waals surface area contributed by atoms with E-state index in [1.807, 2.05) is 6.07 Å². The molecule has 0 atom stereocenters. The second-order valence-electron chi connectivity index (χ2n) is 6.90. The van der Waals surface area contributed by atoms with Gasteiger partial charge in [-0.1, -0.05) is 42.1 Å². The molecule has 0 amide bonds. The van der Waals surface area contributed by atoms with E-state index in [2.05, 4.69) is 66.1 Å². The van der Waals surface area contributed by atoms with Gasteiger partial charge in [-0.2, -0.15) is 0 Å². The van der Waals surface area contributed by atoms with Gasteiger partial charge in [0, 0.05) is 22.4 Å². The smallest absolute Gasteiger partial charge is 0.191 e. The van der Waals surface area contributed by atoms with Crippen molar-refractivity contribution in [2.24, 2.45) is 4.99 Å². The molecule has 1 saturated carbocycles. The van der Waals surface area contributed by atoms with Crippen molar-refractivity contribution in [3.8, 4) is 0 Å². The molecule has 3 rings (SSSR count). The molecule has 2 aromatic rings.